The zero-order valence-electron chi connectivity index (χ0n) is 17.6. The number of hydrogen-bond acceptors (Lipinski definition) is 5. The molecule has 8 nitrogen and oxygen atoms in total. The molecule has 2 atom stereocenters. The number of carbonyl (C=O) groups is 2. The van der Waals surface area contributed by atoms with Crippen LogP contribution in [0.5, 0.6) is 0 Å². The molecule has 2 aliphatic rings. The number of nitrogens with one attached hydrogen (secondary N) is 1. The Balaban J connectivity index is 1.81. The van der Waals surface area contributed by atoms with Gasteiger partial charge in [-0.25, -0.2) is 0 Å². The van der Waals surface area contributed by atoms with Gasteiger partial charge >= 0.3 is 0 Å². The number of likely N-dealkylation sites (N-methyl/N-ethyl adjacent to an activating group) is 1. The molecule has 4 rings (SSSR count). The van der Waals surface area contributed by atoms with E-state index in [1.54, 1.807) is 16.6 Å². The Morgan fingerprint density at radius 1 is 1.24 bits per heavy atom. The van der Waals surface area contributed by atoms with Gasteiger partial charge < -0.3 is 10.2 Å². The molecule has 0 spiro atoms. The number of anilines is 3. The lowest BCUT2D eigenvalue weighted by Crippen LogP contribution is -2.57. The van der Waals surface area contributed by atoms with Gasteiger partial charge in [-0.05, 0) is 40.0 Å². The van der Waals surface area contributed by atoms with Crippen molar-refractivity contribution in [3.63, 3.8) is 0 Å². The van der Waals surface area contributed by atoms with Crippen molar-refractivity contribution in [3.8, 4) is 0 Å². The molecule has 2 aromatic rings. The van der Waals surface area contributed by atoms with E-state index < -0.39 is 0 Å². The van der Waals surface area contributed by atoms with Gasteiger partial charge in [-0.2, -0.15) is 5.10 Å². The van der Waals surface area contributed by atoms with Gasteiger partial charge in [0.1, 0.15) is 5.69 Å². The summed E-state index contributed by atoms with van der Waals surface area (Å²) in [5.41, 5.74) is 2.91. The van der Waals surface area contributed by atoms with E-state index in [2.05, 4.69) is 34.2 Å². The second-order valence-corrected chi connectivity index (χ2v) is 8.08. The van der Waals surface area contributed by atoms with Crippen LogP contribution in [-0.4, -0.2) is 70.2 Å². The van der Waals surface area contributed by atoms with Crippen molar-refractivity contribution in [2.45, 2.75) is 32.9 Å². The van der Waals surface area contributed by atoms with Gasteiger partial charge in [-0.1, -0.05) is 12.1 Å². The van der Waals surface area contributed by atoms with E-state index in [1.807, 2.05) is 38.1 Å². The zero-order valence-corrected chi connectivity index (χ0v) is 17.6. The highest BCUT2D eigenvalue weighted by molar-refractivity contribution is 6.18. The minimum atomic E-state index is -0.326. The normalized spacial score (nSPS) is 21.2. The summed E-state index contributed by atoms with van der Waals surface area (Å²) >= 11 is 0. The summed E-state index contributed by atoms with van der Waals surface area (Å²) in [5.74, 6) is -0.311. The molecule has 0 radical (unpaired) electrons. The number of rotatable bonds is 2. The van der Waals surface area contributed by atoms with Gasteiger partial charge in [-0.3, -0.25) is 24.1 Å². The quantitative estimate of drug-likeness (QED) is 0.840. The average Bonchev–Trinajstić information content (AvgIpc) is 2.88. The summed E-state index contributed by atoms with van der Waals surface area (Å²) in [6.45, 7) is 8.63. The number of carbonyl (C=O) groups excluding carboxylic acids is 2. The van der Waals surface area contributed by atoms with Gasteiger partial charge in [0.15, 0.2) is 5.69 Å². The first-order chi connectivity index (χ1) is 13.8. The Morgan fingerprint density at radius 3 is 2.69 bits per heavy atom. The summed E-state index contributed by atoms with van der Waals surface area (Å²) in [4.78, 5) is 33.0. The fraction of sp³-hybridized carbons (Fsp3) is 0.476. The lowest BCUT2D eigenvalue weighted by molar-refractivity contribution is -0.124. The molecule has 1 aromatic carbocycles. The van der Waals surface area contributed by atoms with Crippen LogP contribution in [0.3, 0.4) is 0 Å². The highest BCUT2D eigenvalue weighted by Gasteiger charge is 2.38. The highest BCUT2D eigenvalue weighted by atomic mass is 16.2. The molecule has 2 amide bonds. The Labute approximate surface area is 171 Å². The predicted octanol–water partition coefficient (Wildman–Crippen LogP) is 1.98. The van der Waals surface area contributed by atoms with Crippen LogP contribution in [0.15, 0.2) is 24.3 Å². The van der Waals surface area contributed by atoms with Gasteiger partial charge in [0.05, 0.1) is 23.1 Å². The minimum Gasteiger partial charge on any atom is -0.319 e. The monoisotopic (exact) mass is 396 g/mol. The maximum absolute atomic E-state index is 13.9. The van der Waals surface area contributed by atoms with Gasteiger partial charge in [0.25, 0.3) is 5.91 Å². The molecule has 1 saturated heterocycles. The molecule has 2 aliphatic heterocycles. The number of fused-ring (bicyclic) bond motifs is 2. The molecule has 1 fully saturated rings. The van der Waals surface area contributed by atoms with Gasteiger partial charge in [0.2, 0.25) is 5.91 Å². The second-order valence-electron chi connectivity index (χ2n) is 8.08. The first kappa shape index (κ1) is 19.6. The highest BCUT2D eigenvalue weighted by Crippen LogP contribution is 2.40. The summed E-state index contributed by atoms with van der Waals surface area (Å²) in [6.07, 6.45) is 0. The molecule has 0 aliphatic carbocycles. The number of aryl methyl sites for hydroxylation is 2. The van der Waals surface area contributed by atoms with Crippen LogP contribution in [0.25, 0.3) is 0 Å². The fourth-order valence-electron chi connectivity index (χ4n) is 4.53. The maximum atomic E-state index is 13.9. The third kappa shape index (κ3) is 3.22. The molecular formula is C21H28N6O2. The Hall–Kier alpha value is -2.71. The summed E-state index contributed by atoms with van der Waals surface area (Å²) in [5, 5.41) is 7.37. The summed E-state index contributed by atoms with van der Waals surface area (Å²) < 4.78 is 1.55. The van der Waals surface area contributed by atoms with Crippen molar-refractivity contribution in [2.75, 3.05) is 36.9 Å². The largest absolute Gasteiger partial charge is 0.319 e. The Morgan fingerprint density at radius 2 is 1.97 bits per heavy atom. The van der Waals surface area contributed by atoms with Crippen LogP contribution < -0.4 is 10.2 Å². The molecule has 1 aromatic heterocycles. The van der Waals surface area contributed by atoms with Gasteiger partial charge in [-0.15, -0.1) is 0 Å². The third-order valence-corrected chi connectivity index (χ3v) is 5.98. The average molecular weight is 396 g/mol. The second kappa shape index (κ2) is 7.27. The molecule has 3 heterocycles. The third-order valence-electron chi connectivity index (χ3n) is 5.98. The molecular weight excluding hydrogens is 368 g/mol. The van der Waals surface area contributed by atoms with E-state index >= 15 is 0 Å². The van der Waals surface area contributed by atoms with Crippen molar-refractivity contribution < 1.29 is 9.59 Å². The van der Waals surface area contributed by atoms with E-state index in [4.69, 9.17) is 0 Å². The lowest BCUT2D eigenvalue weighted by Gasteiger charge is -2.42. The molecule has 29 heavy (non-hydrogen) atoms. The summed E-state index contributed by atoms with van der Waals surface area (Å²) in [7, 11) is 3.84. The Bertz CT molecular complexity index is 968. The van der Waals surface area contributed by atoms with Crippen LogP contribution in [0, 0.1) is 6.92 Å². The molecule has 154 valence electrons. The topological polar surface area (TPSA) is 73.7 Å². The van der Waals surface area contributed by atoms with E-state index in [9.17, 15) is 9.59 Å². The van der Waals surface area contributed by atoms with Crippen LogP contribution in [0.4, 0.5) is 17.1 Å². The van der Waals surface area contributed by atoms with Crippen molar-refractivity contribution in [1.29, 1.82) is 0 Å². The smallest absolute Gasteiger partial charge is 0.276 e. The number of benzene rings is 1. The Kier molecular flexibility index (Phi) is 4.92. The summed E-state index contributed by atoms with van der Waals surface area (Å²) in [6, 6.07) is 7.37. The van der Waals surface area contributed by atoms with Crippen molar-refractivity contribution >= 4 is 28.9 Å². The lowest BCUT2D eigenvalue weighted by atomic mass is 10.1. The minimum absolute atomic E-state index is 0.0531. The van der Waals surface area contributed by atoms with Crippen molar-refractivity contribution in [2.24, 2.45) is 7.05 Å². The molecule has 0 saturated carbocycles. The zero-order chi connectivity index (χ0) is 20.9. The molecule has 0 bridgehead atoms. The number of amides is 2. The van der Waals surface area contributed by atoms with Crippen LogP contribution in [0.1, 0.15) is 30.0 Å². The number of piperazine rings is 1. The first-order valence-electron chi connectivity index (χ1n) is 10.0. The van der Waals surface area contributed by atoms with Crippen LogP contribution in [0.2, 0.25) is 0 Å². The SMILES string of the molecule is Cc1nn(C)c2c1N(C(=O)C(C)N1CCN(C)CC1C)c1ccccc1NC2=O. The molecule has 8 heteroatoms. The van der Waals surface area contributed by atoms with Gasteiger partial charge in [0, 0.05) is 32.7 Å². The first-order valence-corrected chi connectivity index (χ1v) is 10.0. The van der Waals surface area contributed by atoms with Crippen LogP contribution >= 0.6 is 0 Å². The van der Waals surface area contributed by atoms with Crippen molar-refractivity contribution in [3.05, 3.63) is 35.7 Å². The van der Waals surface area contributed by atoms with E-state index in [0.29, 0.717) is 28.5 Å². The number of hydrogen-bond donors (Lipinski definition) is 1. The number of para-hydroxylation sites is 2. The maximum Gasteiger partial charge on any atom is 0.276 e. The molecule has 1 N–H and O–H groups in total. The number of aromatic nitrogens is 2. The van der Waals surface area contributed by atoms with E-state index in [-0.39, 0.29) is 23.9 Å². The standard InChI is InChI=1S/C21H28N6O2/c1-13-12-24(4)10-11-26(13)15(3)21(29)27-17-9-7-6-8-16(17)22-20(28)19-18(27)14(2)23-25(19)5/h6-9,13,15H,10-12H2,1-5H3,(H,22,28). The van der Waals surface area contributed by atoms with Crippen LogP contribution in [-0.2, 0) is 11.8 Å². The fourth-order valence-corrected chi connectivity index (χ4v) is 4.53. The predicted molar refractivity (Wildman–Crippen MR) is 113 cm³/mol. The van der Waals surface area contributed by atoms with E-state index in [1.165, 1.54) is 0 Å². The molecule has 2 unspecified atom stereocenters. The van der Waals surface area contributed by atoms with E-state index in [0.717, 1.165) is 19.6 Å². The number of nitrogens with zero attached hydrogens (tertiary/aromatic N) is 5. The van der Waals surface area contributed by atoms with Crippen molar-refractivity contribution in [1.82, 2.24) is 19.6 Å².